The number of carbonyl (C=O) groups is 1. The van der Waals surface area contributed by atoms with Crippen LogP contribution < -0.4 is 10.1 Å². The highest BCUT2D eigenvalue weighted by atomic mass is 35.5. The first-order valence-electron chi connectivity index (χ1n) is 6.42. The molecule has 2 amide bonds. The first-order valence-corrected chi connectivity index (χ1v) is 6.80. The maximum atomic E-state index is 11.6. The lowest BCUT2D eigenvalue weighted by Crippen LogP contribution is -2.30. The fourth-order valence-electron chi connectivity index (χ4n) is 1.26. The van der Waals surface area contributed by atoms with Gasteiger partial charge in [-0.15, -0.1) is 6.42 Å². The number of halogens is 1. The highest BCUT2D eigenvalue weighted by Gasteiger charge is 2.15. The molecule has 0 saturated carbocycles. The van der Waals surface area contributed by atoms with E-state index in [0.717, 1.165) is 5.06 Å². The minimum Gasteiger partial charge on any atom is -0.466 e. The number of carbonyl (C=O) groups excluding carboxylic acids is 1. The summed E-state index contributed by atoms with van der Waals surface area (Å²) in [5.74, 6) is 2.91. The van der Waals surface area contributed by atoms with E-state index in [1.54, 1.807) is 32.0 Å². The third-order valence-electron chi connectivity index (χ3n) is 2.72. The molecule has 0 fully saturated rings. The third-order valence-corrected chi connectivity index (χ3v) is 3.02. The van der Waals surface area contributed by atoms with Crippen LogP contribution in [0.15, 0.2) is 18.2 Å². The van der Waals surface area contributed by atoms with Crippen molar-refractivity contribution >= 4 is 23.3 Å². The Hall–Kier alpha value is -1.94. The highest BCUT2D eigenvalue weighted by Crippen LogP contribution is 2.28. The molecule has 0 unspecified atom stereocenters. The Morgan fingerprint density at radius 3 is 2.73 bits per heavy atom. The minimum atomic E-state index is -0.717. The van der Waals surface area contributed by atoms with Gasteiger partial charge in [-0.05, 0) is 32.0 Å². The molecular formula is C15H19ClN2O4. The van der Waals surface area contributed by atoms with Gasteiger partial charge in [0.25, 0.3) is 0 Å². The molecule has 0 bridgehead atoms. The standard InChI is InChI=1S/C15H19ClN2O4/c1-6-15(2,3)22-10-21-13-8-7-11(9-12(13)16)17-14(19)18(4)20-5/h1,7-9H,10H2,2-5H3,(H,17,19). The number of benzene rings is 1. The van der Waals surface area contributed by atoms with E-state index in [4.69, 9.17) is 32.3 Å². The molecule has 0 aliphatic heterocycles. The van der Waals surface area contributed by atoms with Crippen LogP contribution in [0.2, 0.25) is 5.02 Å². The highest BCUT2D eigenvalue weighted by molar-refractivity contribution is 6.32. The van der Waals surface area contributed by atoms with E-state index in [1.165, 1.54) is 14.2 Å². The molecule has 0 aromatic heterocycles. The first kappa shape index (κ1) is 18.1. The van der Waals surface area contributed by atoms with E-state index in [1.807, 2.05) is 0 Å². The largest absolute Gasteiger partial charge is 0.466 e. The van der Waals surface area contributed by atoms with Crippen molar-refractivity contribution < 1.29 is 19.1 Å². The van der Waals surface area contributed by atoms with Crippen LogP contribution >= 0.6 is 11.6 Å². The average Bonchev–Trinajstić information content (AvgIpc) is 2.48. The number of hydrogen-bond acceptors (Lipinski definition) is 4. The van der Waals surface area contributed by atoms with Crippen LogP contribution in [-0.2, 0) is 9.57 Å². The smallest absolute Gasteiger partial charge is 0.345 e. The summed E-state index contributed by atoms with van der Waals surface area (Å²) in [4.78, 5) is 16.4. The summed E-state index contributed by atoms with van der Waals surface area (Å²) in [6, 6.07) is 4.41. The summed E-state index contributed by atoms with van der Waals surface area (Å²) in [5.41, 5.74) is -0.207. The SMILES string of the molecule is C#CC(C)(C)OCOc1ccc(NC(=O)N(C)OC)cc1Cl. The molecule has 0 spiro atoms. The second-order valence-corrected chi connectivity index (χ2v) is 5.22. The van der Waals surface area contributed by atoms with Crippen LogP contribution in [0, 0.1) is 12.3 Å². The Bertz CT molecular complexity index is 569. The zero-order valence-electron chi connectivity index (χ0n) is 13.0. The molecule has 0 aliphatic carbocycles. The quantitative estimate of drug-likeness (QED) is 0.495. The maximum Gasteiger partial charge on any atom is 0.345 e. The first-order chi connectivity index (χ1) is 10.3. The maximum absolute atomic E-state index is 11.6. The third kappa shape index (κ3) is 5.45. The van der Waals surface area contributed by atoms with Gasteiger partial charge in [0, 0.05) is 12.7 Å². The van der Waals surface area contributed by atoms with Gasteiger partial charge in [-0.3, -0.25) is 4.84 Å². The lowest BCUT2D eigenvalue weighted by Gasteiger charge is -2.19. The molecule has 7 heteroatoms. The van der Waals surface area contributed by atoms with E-state index >= 15 is 0 Å². The molecule has 1 aromatic carbocycles. The number of hydroxylamine groups is 2. The minimum absolute atomic E-state index is 0.0327. The lowest BCUT2D eigenvalue weighted by atomic mass is 10.2. The summed E-state index contributed by atoms with van der Waals surface area (Å²) >= 11 is 6.09. The van der Waals surface area contributed by atoms with Crippen LogP contribution in [0.1, 0.15) is 13.8 Å². The molecule has 1 rings (SSSR count). The molecule has 22 heavy (non-hydrogen) atoms. The number of ether oxygens (including phenoxy) is 2. The second kappa shape index (κ2) is 7.90. The van der Waals surface area contributed by atoms with Crippen molar-refractivity contribution in [2.45, 2.75) is 19.4 Å². The van der Waals surface area contributed by atoms with E-state index in [0.29, 0.717) is 16.5 Å². The number of anilines is 1. The molecule has 0 aliphatic rings. The number of nitrogens with zero attached hydrogens (tertiary/aromatic N) is 1. The monoisotopic (exact) mass is 326 g/mol. The summed E-state index contributed by atoms with van der Waals surface area (Å²) in [6.45, 7) is 3.47. The lowest BCUT2D eigenvalue weighted by molar-refractivity contribution is -0.0598. The zero-order chi connectivity index (χ0) is 16.8. The Balaban J connectivity index is 2.63. The van der Waals surface area contributed by atoms with Gasteiger partial charge in [-0.2, -0.15) is 0 Å². The number of nitrogens with one attached hydrogen (secondary N) is 1. The molecule has 120 valence electrons. The number of rotatable bonds is 6. The van der Waals surface area contributed by atoms with Crippen molar-refractivity contribution in [3.63, 3.8) is 0 Å². The molecule has 0 heterocycles. The van der Waals surface area contributed by atoms with Crippen LogP contribution in [0.3, 0.4) is 0 Å². The van der Waals surface area contributed by atoms with E-state index < -0.39 is 11.6 Å². The Kier molecular flexibility index (Phi) is 6.50. The summed E-state index contributed by atoms with van der Waals surface area (Å²) in [6.07, 6.45) is 5.31. The number of hydrogen-bond donors (Lipinski definition) is 1. The van der Waals surface area contributed by atoms with Crippen LogP contribution in [-0.4, -0.2) is 37.6 Å². The van der Waals surface area contributed by atoms with Crippen molar-refractivity contribution in [3.8, 4) is 18.1 Å². The van der Waals surface area contributed by atoms with Gasteiger partial charge in [0.15, 0.2) is 6.79 Å². The Labute approximate surface area is 135 Å². The number of terminal acetylenes is 1. The van der Waals surface area contributed by atoms with Gasteiger partial charge in [0.05, 0.1) is 12.1 Å². The number of amides is 2. The second-order valence-electron chi connectivity index (χ2n) is 4.82. The van der Waals surface area contributed by atoms with Crippen molar-refractivity contribution in [1.82, 2.24) is 5.06 Å². The molecule has 0 saturated heterocycles. The molecular weight excluding hydrogens is 308 g/mol. The van der Waals surface area contributed by atoms with Crippen molar-refractivity contribution in [2.24, 2.45) is 0 Å². The molecule has 1 aromatic rings. The van der Waals surface area contributed by atoms with Crippen molar-refractivity contribution in [2.75, 3.05) is 26.3 Å². The molecule has 0 radical (unpaired) electrons. The average molecular weight is 327 g/mol. The van der Waals surface area contributed by atoms with Crippen molar-refractivity contribution in [3.05, 3.63) is 23.2 Å². The van der Waals surface area contributed by atoms with Gasteiger partial charge >= 0.3 is 6.03 Å². The summed E-state index contributed by atoms with van der Waals surface area (Å²) in [5, 5.41) is 4.00. The van der Waals surface area contributed by atoms with Gasteiger partial charge in [-0.1, -0.05) is 17.5 Å². The zero-order valence-corrected chi connectivity index (χ0v) is 13.7. The predicted molar refractivity (Wildman–Crippen MR) is 84.7 cm³/mol. The van der Waals surface area contributed by atoms with Crippen LogP contribution in [0.4, 0.5) is 10.5 Å². The van der Waals surface area contributed by atoms with Gasteiger partial charge < -0.3 is 14.8 Å². The van der Waals surface area contributed by atoms with Gasteiger partial charge in [-0.25, -0.2) is 9.86 Å². The molecule has 0 atom stereocenters. The van der Waals surface area contributed by atoms with E-state index in [-0.39, 0.29) is 6.79 Å². The van der Waals surface area contributed by atoms with E-state index in [2.05, 4.69) is 11.2 Å². The normalized spacial score (nSPS) is 10.7. The predicted octanol–water partition coefficient (Wildman–Crippen LogP) is 3.13. The topological polar surface area (TPSA) is 60.0 Å². The number of urea groups is 1. The Morgan fingerprint density at radius 2 is 2.18 bits per heavy atom. The summed E-state index contributed by atoms with van der Waals surface area (Å²) in [7, 11) is 2.88. The van der Waals surface area contributed by atoms with Gasteiger partial charge in [0.1, 0.15) is 11.4 Å². The fraction of sp³-hybridized carbons (Fsp3) is 0.400. The van der Waals surface area contributed by atoms with Crippen LogP contribution in [0.5, 0.6) is 5.75 Å². The van der Waals surface area contributed by atoms with Gasteiger partial charge in [0.2, 0.25) is 0 Å². The molecule has 6 nitrogen and oxygen atoms in total. The van der Waals surface area contributed by atoms with Crippen molar-refractivity contribution in [1.29, 1.82) is 0 Å². The fourth-order valence-corrected chi connectivity index (χ4v) is 1.50. The molecule has 1 N–H and O–H groups in total. The summed E-state index contributed by atoms with van der Waals surface area (Å²) < 4.78 is 10.8. The Morgan fingerprint density at radius 1 is 1.50 bits per heavy atom. The van der Waals surface area contributed by atoms with E-state index in [9.17, 15) is 4.79 Å². The van der Waals surface area contributed by atoms with Crippen LogP contribution in [0.25, 0.3) is 0 Å².